The summed E-state index contributed by atoms with van der Waals surface area (Å²) < 4.78 is 6.57. The lowest BCUT2D eigenvalue weighted by atomic mass is 10.1. The van der Waals surface area contributed by atoms with Gasteiger partial charge in [0.1, 0.15) is 10.9 Å². The molecule has 7 heteroatoms. The third kappa shape index (κ3) is 4.46. The van der Waals surface area contributed by atoms with Crippen molar-refractivity contribution in [3.8, 4) is 0 Å². The number of hydrogen-bond acceptors (Lipinski definition) is 5. The van der Waals surface area contributed by atoms with E-state index in [4.69, 9.17) is 4.74 Å². The van der Waals surface area contributed by atoms with Gasteiger partial charge in [-0.25, -0.2) is 14.6 Å². The maximum atomic E-state index is 12.0. The molecular weight excluding hydrogens is 352 g/mol. The minimum Gasteiger partial charge on any atom is -0.476 e. The van der Waals surface area contributed by atoms with Crippen molar-refractivity contribution in [1.82, 2.24) is 9.55 Å². The van der Waals surface area contributed by atoms with Crippen LogP contribution in [-0.2, 0) is 17.7 Å². The van der Waals surface area contributed by atoms with Crippen LogP contribution in [0.1, 0.15) is 58.9 Å². The highest BCUT2D eigenvalue weighted by atomic mass is 32.2. The van der Waals surface area contributed by atoms with Gasteiger partial charge in [-0.3, -0.25) is 0 Å². The molecule has 0 atom stereocenters. The summed E-state index contributed by atoms with van der Waals surface area (Å²) in [6, 6.07) is 7.09. The average molecular weight is 376 g/mol. The zero-order valence-corrected chi connectivity index (χ0v) is 16.1. The lowest BCUT2D eigenvalue weighted by Gasteiger charge is -2.13. The molecule has 2 aromatic rings. The van der Waals surface area contributed by atoms with E-state index in [9.17, 15) is 14.7 Å². The number of ether oxygens (including phenoxy) is 1. The van der Waals surface area contributed by atoms with E-state index in [0.29, 0.717) is 22.6 Å². The maximum absolute atomic E-state index is 12.0. The normalized spacial score (nSPS) is 10.7. The fourth-order valence-electron chi connectivity index (χ4n) is 2.75. The first kappa shape index (κ1) is 20.0. The first-order chi connectivity index (χ1) is 12.5. The van der Waals surface area contributed by atoms with E-state index in [0.717, 1.165) is 24.4 Å². The van der Waals surface area contributed by atoms with Crippen molar-refractivity contribution in [1.29, 1.82) is 0 Å². The van der Waals surface area contributed by atoms with Crippen LogP contribution in [0.5, 0.6) is 0 Å². The minimum absolute atomic E-state index is 0.183. The molecule has 140 valence electrons. The molecule has 0 aliphatic heterocycles. The molecule has 1 aromatic carbocycles. The molecule has 0 saturated heterocycles. The molecule has 26 heavy (non-hydrogen) atoms. The summed E-state index contributed by atoms with van der Waals surface area (Å²) in [6.45, 7) is 4.32. The van der Waals surface area contributed by atoms with Gasteiger partial charge in [0.15, 0.2) is 5.69 Å². The standard InChI is InChI=1S/C19H24N2O4S/c1-4-6-11-15-20-17(26-5-2)16(18(22)23)21(15)12-13-9-7-8-10-14(13)19(24)25-3/h7-10H,4-6,11-12H2,1-3H3,(H,22,23). The van der Waals surface area contributed by atoms with Crippen molar-refractivity contribution in [2.45, 2.75) is 44.7 Å². The van der Waals surface area contributed by atoms with Crippen molar-refractivity contribution in [2.75, 3.05) is 12.9 Å². The van der Waals surface area contributed by atoms with Gasteiger partial charge < -0.3 is 14.4 Å². The van der Waals surface area contributed by atoms with Crippen molar-refractivity contribution >= 4 is 23.7 Å². The van der Waals surface area contributed by atoms with Crippen LogP contribution in [0.2, 0.25) is 0 Å². The van der Waals surface area contributed by atoms with Crippen LogP contribution < -0.4 is 0 Å². The summed E-state index contributed by atoms with van der Waals surface area (Å²) in [6.07, 6.45) is 2.61. The molecule has 0 amide bonds. The highest BCUT2D eigenvalue weighted by molar-refractivity contribution is 7.99. The van der Waals surface area contributed by atoms with Gasteiger partial charge in [-0.05, 0) is 23.8 Å². The first-order valence-corrected chi connectivity index (χ1v) is 9.63. The molecule has 0 saturated carbocycles. The van der Waals surface area contributed by atoms with Crippen LogP contribution in [0.4, 0.5) is 0 Å². The predicted molar refractivity (Wildman–Crippen MR) is 101 cm³/mol. The zero-order chi connectivity index (χ0) is 19.1. The van der Waals surface area contributed by atoms with Crippen LogP contribution in [0.15, 0.2) is 29.3 Å². The lowest BCUT2D eigenvalue weighted by molar-refractivity contribution is 0.0599. The Hall–Kier alpha value is -2.28. The summed E-state index contributed by atoms with van der Waals surface area (Å²) in [5.74, 6) is 0.0333. The number of thioether (sulfide) groups is 1. The van der Waals surface area contributed by atoms with Crippen molar-refractivity contribution in [3.63, 3.8) is 0 Å². The van der Waals surface area contributed by atoms with E-state index < -0.39 is 11.9 Å². The van der Waals surface area contributed by atoms with E-state index >= 15 is 0 Å². The smallest absolute Gasteiger partial charge is 0.355 e. The van der Waals surface area contributed by atoms with Crippen LogP contribution in [0, 0.1) is 0 Å². The second-order valence-electron chi connectivity index (χ2n) is 5.76. The Labute approximate surface area is 157 Å². The topological polar surface area (TPSA) is 81.4 Å². The minimum atomic E-state index is -1.01. The number of nitrogens with zero attached hydrogens (tertiary/aromatic N) is 2. The molecule has 0 fully saturated rings. The lowest BCUT2D eigenvalue weighted by Crippen LogP contribution is -2.15. The van der Waals surface area contributed by atoms with E-state index in [1.165, 1.54) is 18.9 Å². The summed E-state index contributed by atoms with van der Waals surface area (Å²) >= 11 is 1.42. The number of aromatic carboxylic acids is 1. The molecule has 6 nitrogen and oxygen atoms in total. The van der Waals surface area contributed by atoms with Gasteiger partial charge in [0, 0.05) is 6.42 Å². The fraction of sp³-hybridized carbons (Fsp3) is 0.421. The second-order valence-corrected chi connectivity index (χ2v) is 7.01. The number of carbonyl (C=O) groups is 2. The fourth-order valence-corrected chi connectivity index (χ4v) is 3.53. The largest absolute Gasteiger partial charge is 0.476 e. The Balaban J connectivity index is 2.53. The maximum Gasteiger partial charge on any atom is 0.355 e. The molecule has 0 spiro atoms. The summed E-state index contributed by atoms with van der Waals surface area (Å²) in [4.78, 5) is 28.5. The van der Waals surface area contributed by atoms with Crippen molar-refractivity contribution in [3.05, 3.63) is 46.9 Å². The third-order valence-electron chi connectivity index (χ3n) is 4.00. The summed E-state index contributed by atoms with van der Waals surface area (Å²) in [5.41, 5.74) is 1.33. The van der Waals surface area contributed by atoms with E-state index in [1.54, 1.807) is 16.7 Å². The Morgan fingerprint density at radius 1 is 1.27 bits per heavy atom. The van der Waals surface area contributed by atoms with Gasteiger partial charge in [-0.1, -0.05) is 38.5 Å². The SMILES string of the molecule is CCCCc1nc(SCC)c(C(=O)O)n1Cc1ccccc1C(=O)OC. The molecule has 1 N–H and O–H groups in total. The number of imidazole rings is 1. The molecule has 1 heterocycles. The van der Waals surface area contributed by atoms with E-state index in [2.05, 4.69) is 11.9 Å². The first-order valence-electron chi connectivity index (χ1n) is 8.65. The number of aromatic nitrogens is 2. The Kier molecular flexibility index (Phi) is 7.26. The highest BCUT2D eigenvalue weighted by Gasteiger charge is 2.24. The quantitative estimate of drug-likeness (QED) is 0.528. The average Bonchev–Trinajstić information content (AvgIpc) is 2.97. The molecule has 1 aromatic heterocycles. The third-order valence-corrected chi connectivity index (χ3v) is 4.85. The second kappa shape index (κ2) is 9.43. The van der Waals surface area contributed by atoms with Crippen LogP contribution in [0.25, 0.3) is 0 Å². The molecule has 0 radical (unpaired) electrons. The summed E-state index contributed by atoms with van der Waals surface area (Å²) in [5, 5.41) is 10.3. The number of carboxylic acid groups (broad SMARTS) is 1. The van der Waals surface area contributed by atoms with Crippen molar-refractivity contribution < 1.29 is 19.4 Å². The van der Waals surface area contributed by atoms with Crippen molar-refractivity contribution in [2.24, 2.45) is 0 Å². The van der Waals surface area contributed by atoms with Gasteiger partial charge in [0.05, 0.1) is 19.2 Å². The number of esters is 1. The molecule has 0 aliphatic rings. The van der Waals surface area contributed by atoms with Crippen LogP contribution in [0.3, 0.4) is 0 Å². The molecule has 2 rings (SSSR count). The number of carboxylic acids is 1. The number of carbonyl (C=O) groups excluding carboxylic acids is 1. The summed E-state index contributed by atoms with van der Waals surface area (Å²) in [7, 11) is 1.33. The number of benzene rings is 1. The number of aryl methyl sites for hydroxylation is 1. The van der Waals surface area contributed by atoms with Gasteiger partial charge in [-0.15, -0.1) is 11.8 Å². The number of rotatable bonds is 9. The Morgan fingerprint density at radius 2 is 2.00 bits per heavy atom. The van der Waals surface area contributed by atoms with Gasteiger partial charge in [0.25, 0.3) is 0 Å². The molecule has 0 bridgehead atoms. The van der Waals surface area contributed by atoms with Gasteiger partial charge >= 0.3 is 11.9 Å². The Bertz CT molecular complexity index is 786. The highest BCUT2D eigenvalue weighted by Crippen LogP contribution is 2.26. The number of hydrogen-bond donors (Lipinski definition) is 1. The Morgan fingerprint density at radius 3 is 2.62 bits per heavy atom. The van der Waals surface area contributed by atoms with Crippen LogP contribution in [-0.4, -0.2) is 39.5 Å². The molecular formula is C19H24N2O4S. The monoisotopic (exact) mass is 376 g/mol. The van der Waals surface area contributed by atoms with E-state index in [1.807, 2.05) is 19.1 Å². The van der Waals surface area contributed by atoms with E-state index in [-0.39, 0.29) is 12.2 Å². The predicted octanol–water partition coefficient (Wildman–Crippen LogP) is 3.87. The molecule has 0 aliphatic carbocycles. The molecule has 0 unspecified atom stereocenters. The van der Waals surface area contributed by atoms with Gasteiger partial charge in [-0.2, -0.15) is 0 Å². The van der Waals surface area contributed by atoms with Gasteiger partial charge in [0.2, 0.25) is 0 Å². The number of unbranched alkanes of at least 4 members (excludes halogenated alkanes) is 1. The zero-order valence-electron chi connectivity index (χ0n) is 15.3. The number of methoxy groups -OCH3 is 1. The van der Waals surface area contributed by atoms with Crippen LogP contribution >= 0.6 is 11.8 Å².